The minimum atomic E-state index is -3.26. The second-order valence-electron chi connectivity index (χ2n) is 7.63. The van der Waals surface area contributed by atoms with Crippen molar-refractivity contribution in [2.45, 2.75) is 19.0 Å². The van der Waals surface area contributed by atoms with Crippen molar-refractivity contribution in [2.24, 2.45) is 0 Å². The average molecular weight is 486 g/mol. The molecule has 3 aromatic rings. The first-order valence-corrected chi connectivity index (χ1v) is 10.6. The van der Waals surface area contributed by atoms with Crippen molar-refractivity contribution < 1.29 is 37.7 Å². The number of benzene rings is 2. The van der Waals surface area contributed by atoms with E-state index in [1.807, 2.05) is 0 Å². The number of anilines is 1. The Hall–Kier alpha value is -4.05. The first kappa shape index (κ1) is 25.6. The zero-order valence-electron chi connectivity index (χ0n) is 19.0. The molecule has 35 heavy (non-hydrogen) atoms. The van der Waals surface area contributed by atoms with Crippen LogP contribution in [0.2, 0.25) is 0 Å². The molecule has 0 bridgehead atoms. The van der Waals surface area contributed by atoms with E-state index in [9.17, 15) is 18.4 Å². The van der Waals surface area contributed by atoms with E-state index in [0.717, 1.165) is 6.20 Å². The summed E-state index contributed by atoms with van der Waals surface area (Å²) in [5.41, 5.74) is -0.176. The number of nitrogens with zero attached hydrogens (tertiary/aromatic N) is 1. The van der Waals surface area contributed by atoms with E-state index >= 15 is 0 Å². The molecule has 1 atom stereocenters. The maximum absolute atomic E-state index is 14.6. The van der Waals surface area contributed by atoms with Gasteiger partial charge in [0.05, 0.1) is 12.2 Å². The summed E-state index contributed by atoms with van der Waals surface area (Å²) in [5.74, 6) is -4.71. The van der Waals surface area contributed by atoms with Crippen LogP contribution in [-0.2, 0) is 10.7 Å². The van der Waals surface area contributed by atoms with Gasteiger partial charge in [-0.15, -0.1) is 0 Å². The highest BCUT2D eigenvalue weighted by Crippen LogP contribution is 2.31. The number of carbonyl (C=O) groups is 2. The fourth-order valence-electron chi connectivity index (χ4n) is 3.08. The molecule has 0 saturated heterocycles. The van der Waals surface area contributed by atoms with E-state index in [0.29, 0.717) is 0 Å². The molecule has 0 spiro atoms. The molecule has 184 valence electrons. The van der Waals surface area contributed by atoms with E-state index in [4.69, 9.17) is 19.3 Å². The molecule has 0 aliphatic carbocycles. The summed E-state index contributed by atoms with van der Waals surface area (Å²) in [4.78, 5) is 27.7. The molecule has 2 aromatic carbocycles. The predicted molar refractivity (Wildman–Crippen MR) is 123 cm³/mol. The number of aromatic carboxylic acids is 1. The third-order valence-electron chi connectivity index (χ3n) is 4.75. The van der Waals surface area contributed by atoms with Crippen LogP contribution in [0.1, 0.15) is 33.2 Å². The van der Waals surface area contributed by atoms with Crippen LogP contribution in [0.5, 0.6) is 11.5 Å². The number of carbonyl (C=O) groups excluding carboxylic acids is 1. The third kappa shape index (κ3) is 7.21. The van der Waals surface area contributed by atoms with Crippen LogP contribution in [0.3, 0.4) is 0 Å². The quantitative estimate of drug-likeness (QED) is 0.407. The molecule has 0 aliphatic heterocycles. The lowest BCUT2D eigenvalue weighted by atomic mass is 10.1. The van der Waals surface area contributed by atoms with Gasteiger partial charge in [-0.25, -0.2) is 9.78 Å². The monoisotopic (exact) mass is 486 g/mol. The molecule has 0 fully saturated rings. The van der Waals surface area contributed by atoms with Crippen LogP contribution in [0.15, 0.2) is 66.9 Å². The highest BCUT2D eigenvalue weighted by molar-refractivity contribution is 6.04. The molecular weight excluding hydrogens is 462 g/mol. The lowest BCUT2D eigenvalue weighted by Crippen LogP contribution is -2.23. The molecule has 0 saturated carbocycles. The van der Waals surface area contributed by atoms with E-state index < -0.39 is 24.4 Å². The van der Waals surface area contributed by atoms with Crippen LogP contribution in [0.25, 0.3) is 0 Å². The van der Waals surface area contributed by atoms with Crippen molar-refractivity contribution in [3.8, 4) is 11.5 Å². The minimum Gasteiger partial charge on any atom is -0.488 e. The van der Waals surface area contributed by atoms with Crippen LogP contribution in [0.4, 0.5) is 14.6 Å². The Bertz CT molecular complexity index is 1160. The van der Waals surface area contributed by atoms with Crippen molar-refractivity contribution in [1.82, 2.24) is 4.98 Å². The Morgan fingerprint density at radius 3 is 2.40 bits per heavy atom. The number of halogens is 2. The molecule has 0 radical (unpaired) electrons. The number of amides is 1. The molecular formula is C25H24F2N2O6. The Balaban J connectivity index is 1.82. The molecule has 1 heterocycles. The summed E-state index contributed by atoms with van der Waals surface area (Å²) in [6.07, 6.45) is 0.714. The number of carboxylic acid groups (broad SMARTS) is 1. The number of hydrogen-bond donors (Lipinski definition) is 2. The van der Waals surface area contributed by atoms with Crippen LogP contribution < -0.4 is 14.8 Å². The molecule has 10 heteroatoms. The van der Waals surface area contributed by atoms with Crippen molar-refractivity contribution in [3.05, 3.63) is 83.6 Å². The average Bonchev–Trinajstić information content (AvgIpc) is 2.83. The van der Waals surface area contributed by atoms with Gasteiger partial charge in [-0.2, -0.15) is 8.78 Å². The van der Waals surface area contributed by atoms with Gasteiger partial charge in [0.2, 0.25) is 0 Å². The van der Waals surface area contributed by atoms with Crippen molar-refractivity contribution in [3.63, 3.8) is 0 Å². The highest BCUT2D eigenvalue weighted by Gasteiger charge is 2.32. The van der Waals surface area contributed by atoms with E-state index in [-0.39, 0.29) is 46.7 Å². The second kappa shape index (κ2) is 11.4. The zero-order chi connectivity index (χ0) is 25.4. The summed E-state index contributed by atoms with van der Waals surface area (Å²) in [6, 6.07) is 14.0. The molecule has 1 aromatic heterocycles. The Morgan fingerprint density at radius 2 is 1.77 bits per heavy atom. The van der Waals surface area contributed by atoms with Gasteiger partial charge in [-0.05, 0) is 31.2 Å². The molecule has 8 nitrogen and oxygen atoms in total. The SMILES string of the molecule is COC[C@H](C)Oc1cc(OCC(F)(F)c2ccccc2)cc(C(=O)Nc2ccc(C(=O)O)cn2)c1. The van der Waals surface area contributed by atoms with Crippen molar-refractivity contribution >= 4 is 17.7 Å². The summed E-state index contributed by atoms with van der Waals surface area (Å²) in [5, 5.41) is 11.5. The van der Waals surface area contributed by atoms with E-state index in [1.54, 1.807) is 13.0 Å². The number of nitrogens with one attached hydrogen (secondary N) is 1. The van der Waals surface area contributed by atoms with Gasteiger partial charge in [0, 0.05) is 30.5 Å². The van der Waals surface area contributed by atoms with Gasteiger partial charge in [0.15, 0.2) is 6.61 Å². The van der Waals surface area contributed by atoms with Gasteiger partial charge in [-0.3, -0.25) is 4.79 Å². The third-order valence-corrected chi connectivity index (χ3v) is 4.75. The fourth-order valence-corrected chi connectivity index (χ4v) is 3.08. The topological polar surface area (TPSA) is 107 Å². The number of hydrogen-bond acceptors (Lipinski definition) is 6. The number of alkyl halides is 2. The van der Waals surface area contributed by atoms with Gasteiger partial charge >= 0.3 is 11.9 Å². The first-order chi connectivity index (χ1) is 16.7. The Morgan fingerprint density at radius 1 is 1.06 bits per heavy atom. The van der Waals surface area contributed by atoms with Crippen LogP contribution in [0, 0.1) is 0 Å². The molecule has 0 unspecified atom stereocenters. The summed E-state index contributed by atoms with van der Waals surface area (Å²) in [6.45, 7) is 1.06. The van der Waals surface area contributed by atoms with Crippen molar-refractivity contribution in [1.29, 1.82) is 0 Å². The van der Waals surface area contributed by atoms with E-state index in [2.05, 4.69) is 10.3 Å². The van der Waals surface area contributed by atoms with Gasteiger partial charge in [0.1, 0.15) is 23.4 Å². The number of ether oxygens (including phenoxy) is 3. The first-order valence-electron chi connectivity index (χ1n) is 10.6. The smallest absolute Gasteiger partial charge is 0.337 e. The number of methoxy groups -OCH3 is 1. The molecule has 2 N–H and O–H groups in total. The Kier molecular flexibility index (Phi) is 8.32. The maximum atomic E-state index is 14.6. The Labute approximate surface area is 200 Å². The van der Waals surface area contributed by atoms with Gasteiger partial charge in [0.25, 0.3) is 5.91 Å². The van der Waals surface area contributed by atoms with Crippen molar-refractivity contribution in [2.75, 3.05) is 25.6 Å². The number of carboxylic acids is 1. The normalized spacial score (nSPS) is 12.0. The zero-order valence-corrected chi connectivity index (χ0v) is 19.0. The summed E-state index contributed by atoms with van der Waals surface area (Å²) < 4.78 is 45.3. The van der Waals surface area contributed by atoms with Gasteiger partial charge in [-0.1, -0.05) is 30.3 Å². The molecule has 3 rings (SSSR count). The second-order valence-corrected chi connectivity index (χ2v) is 7.63. The highest BCUT2D eigenvalue weighted by atomic mass is 19.3. The predicted octanol–water partition coefficient (Wildman–Crippen LogP) is 4.62. The van der Waals surface area contributed by atoms with Gasteiger partial charge < -0.3 is 24.6 Å². The van der Waals surface area contributed by atoms with Crippen LogP contribution >= 0.6 is 0 Å². The lowest BCUT2D eigenvalue weighted by Gasteiger charge is -2.19. The lowest BCUT2D eigenvalue weighted by molar-refractivity contribution is -0.0468. The summed E-state index contributed by atoms with van der Waals surface area (Å²) >= 11 is 0. The largest absolute Gasteiger partial charge is 0.488 e. The minimum absolute atomic E-state index is 0.00190. The number of pyridine rings is 1. The fraction of sp³-hybridized carbons (Fsp3) is 0.240. The summed E-state index contributed by atoms with van der Waals surface area (Å²) in [7, 11) is 1.51. The number of rotatable bonds is 11. The number of aromatic nitrogens is 1. The molecule has 1 amide bonds. The molecule has 0 aliphatic rings. The standard InChI is InChI=1S/C25H24F2N2O6/c1-16(14-33-2)35-21-11-18(23(30)29-22-9-8-17(13-28-22)24(31)32)10-20(12-21)34-15-25(26,27)19-6-4-3-5-7-19/h3-13,16H,14-15H2,1-2H3,(H,31,32)(H,28,29,30)/t16-/m0/s1. The van der Waals surface area contributed by atoms with Crippen LogP contribution in [-0.4, -0.2) is 48.4 Å². The van der Waals surface area contributed by atoms with E-state index in [1.165, 1.54) is 61.7 Å². The maximum Gasteiger partial charge on any atom is 0.337 e.